The SMILES string of the molecule is CCC(C)(CO)NC(=O)Cc1ccccc1F. The van der Waals surface area contributed by atoms with Gasteiger partial charge in [0.1, 0.15) is 5.82 Å². The average molecular weight is 239 g/mol. The van der Waals surface area contributed by atoms with Crippen LogP contribution in [0.3, 0.4) is 0 Å². The lowest BCUT2D eigenvalue weighted by atomic mass is 9.99. The van der Waals surface area contributed by atoms with E-state index in [0.29, 0.717) is 12.0 Å². The van der Waals surface area contributed by atoms with Gasteiger partial charge in [0.15, 0.2) is 0 Å². The van der Waals surface area contributed by atoms with Crippen molar-refractivity contribution in [3.05, 3.63) is 35.6 Å². The van der Waals surface area contributed by atoms with Gasteiger partial charge in [-0.1, -0.05) is 25.1 Å². The van der Waals surface area contributed by atoms with E-state index >= 15 is 0 Å². The minimum Gasteiger partial charge on any atom is -0.394 e. The van der Waals surface area contributed by atoms with E-state index in [2.05, 4.69) is 5.32 Å². The monoisotopic (exact) mass is 239 g/mol. The van der Waals surface area contributed by atoms with Crippen molar-refractivity contribution >= 4 is 5.91 Å². The maximum Gasteiger partial charge on any atom is 0.225 e. The Morgan fingerprint density at radius 1 is 1.47 bits per heavy atom. The van der Waals surface area contributed by atoms with Crippen molar-refractivity contribution in [3.8, 4) is 0 Å². The van der Waals surface area contributed by atoms with E-state index in [9.17, 15) is 9.18 Å². The zero-order valence-electron chi connectivity index (χ0n) is 10.2. The lowest BCUT2D eigenvalue weighted by Crippen LogP contribution is -2.49. The molecule has 1 aromatic carbocycles. The zero-order chi connectivity index (χ0) is 12.9. The van der Waals surface area contributed by atoms with Crippen LogP contribution in [0.1, 0.15) is 25.8 Å². The van der Waals surface area contributed by atoms with E-state index in [0.717, 1.165) is 0 Å². The van der Waals surface area contributed by atoms with Crippen molar-refractivity contribution in [1.29, 1.82) is 0 Å². The number of rotatable bonds is 5. The number of nitrogens with one attached hydrogen (secondary N) is 1. The van der Waals surface area contributed by atoms with Gasteiger partial charge in [0.05, 0.1) is 18.6 Å². The van der Waals surface area contributed by atoms with Gasteiger partial charge in [-0.15, -0.1) is 0 Å². The molecule has 0 aliphatic rings. The number of benzene rings is 1. The molecule has 0 aliphatic carbocycles. The first-order chi connectivity index (χ1) is 8.00. The first kappa shape index (κ1) is 13.6. The van der Waals surface area contributed by atoms with Crippen LogP contribution < -0.4 is 5.32 Å². The summed E-state index contributed by atoms with van der Waals surface area (Å²) in [6.07, 6.45) is 0.606. The molecule has 0 fully saturated rings. The third-order valence-electron chi connectivity index (χ3n) is 2.88. The predicted molar refractivity (Wildman–Crippen MR) is 64.0 cm³/mol. The molecule has 1 unspecified atom stereocenters. The number of carbonyl (C=O) groups is 1. The number of amides is 1. The number of carbonyl (C=O) groups excluding carboxylic acids is 1. The smallest absolute Gasteiger partial charge is 0.225 e. The third-order valence-corrected chi connectivity index (χ3v) is 2.88. The molecule has 94 valence electrons. The van der Waals surface area contributed by atoms with E-state index in [1.54, 1.807) is 25.1 Å². The highest BCUT2D eigenvalue weighted by Crippen LogP contribution is 2.10. The number of halogens is 1. The van der Waals surface area contributed by atoms with Crippen molar-refractivity contribution in [3.63, 3.8) is 0 Å². The molecule has 1 amide bonds. The molecule has 1 rings (SSSR count). The highest BCUT2D eigenvalue weighted by Gasteiger charge is 2.23. The first-order valence-corrected chi connectivity index (χ1v) is 5.66. The molecule has 0 bridgehead atoms. The highest BCUT2D eigenvalue weighted by molar-refractivity contribution is 5.79. The van der Waals surface area contributed by atoms with Gasteiger partial charge < -0.3 is 10.4 Å². The molecule has 1 atom stereocenters. The molecular weight excluding hydrogens is 221 g/mol. The van der Waals surface area contributed by atoms with Crippen LogP contribution in [0, 0.1) is 5.82 Å². The maximum absolute atomic E-state index is 13.3. The van der Waals surface area contributed by atoms with Crippen LogP contribution in [0.4, 0.5) is 4.39 Å². The summed E-state index contributed by atoms with van der Waals surface area (Å²) in [7, 11) is 0. The van der Waals surface area contributed by atoms with Gasteiger partial charge in [0.25, 0.3) is 0 Å². The molecule has 0 aromatic heterocycles. The minimum atomic E-state index is -0.637. The second-order valence-electron chi connectivity index (χ2n) is 4.39. The first-order valence-electron chi connectivity index (χ1n) is 5.66. The molecule has 0 saturated carbocycles. The van der Waals surface area contributed by atoms with Crippen LogP contribution >= 0.6 is 0 Å². The number of aliphatic hydroxyl groups excluding tert-OH is 1. The molecular formula is C13H18FNO2. The van der Waals surface area contributed by atoms with Gasteiger partial charge in [-0.2, -0.15) is 0 Å². The quantitative estimate of drug-likeness (QED) is 0.820. The summed E-state index contributed by atoms with van der Waals surface area (Å²) in [4.78, 5) is 11.7. The maximum atomic E-state index is 13.3. The fraction of sp³-hybridized carbons (Fsp3) is 0.462. The second-order valence-corrected chi connectivity index (χ2v) is 4.39. The van der Waals surface area contributed by atoms with Crippen LogP contribution in [0.5, 0.6) is 0 Å². The molecule has 0 aliphatic heterocycles. The topological polar surface area (TPSA) is 49.3 Å². The summed E-state index contributed by atoms with van der Waals surface area (Å²) >= 11 is 0. The van der Waals surface area contributed by atoms with Crippen LogP contribution in [-0.2, 0) is 11.2 Å². The van der Waals surface area contributed by atoms with Crippen LogP contribution in [0.15, 0.2) is 24.3 Å². The Bertz CT molecular complexity index is 389. The molecule has 1 aromatic rings. The van der Waals surface area contributed by atoms with Crippen molar-refractivity contribution in [2.75, 3.05) is 6.61 Å². The Hall–Kier alpha value is -1.42. The molecule has 0 spiro atoms. The Morgan fingerprint density at radius 2 is 2.12 bits per heavy atom. The Kier molecular flexibility index (Phi) is 4.63. The average Bonchev–Trinajstić information content (AvgIpc) is 2.32. The molecule has 0 heterocycles. The third kappa shape index (κ3) is 3.82. The summed E-state index contributed by atoms with van der Waals surface area (Å²) in [5.74, 6) is -0.668. The summed E-state index contributed by atoms with van der Waals surface area (Å²) in [6.45, 7) is 3.50. The molecule has 0 radical (unpaired) electrons. The molecule has 3 nitrogen and oxygen atoms in total. The lowest BCUT2D eigenvalue weighted by Gasteiger charge is -2.27. The van der Waals surface area contributed by atoms with Crippen molar-refractivity contribution in [1.82, 2.24) is 5.32 Å². The van der Waals surface area contributed by atoms with Gasteiger partial charge in [0.2, 0.25) is 5.91 Å². The highest BCUT2D eigenvalue weighted by atomic mass is 19.1. The summed E-state index contributed by atoms with van der Waals surface area (Å²) in [5.41, 5.74) is -0.274. The largest absolute Gasteiger partial charge is 0.394 e. The molecule has 4 heteroatoms. The Morgan fingerprint density at radius 3 is 2.65 bits per heavy atom. The predicted octanol–water partition coefficient (Wildman–Crippen LogP) is 1.65. The fourth-order valence-corrected chi connectivity index (χ4v) is 1.44. The molecule has 0 saturated heterocycles. The van der Waals surface area contributed by atoms with Gasteiger partial charge in [0, 0.05) is 0 Å². The van der Waals surface area contributed by atoms with Crippen LogP contribution in [0.2, 0.25) is 0 Å². The zero-order valence-corrected chi connectivity index (χ0v) is 10.2. The summed E-state index contributed by atoms with van der Waals surface area (Å²) < 4.78 is 13.3. The molecule has 17 heavy (non-hydrogen) atoms. The fourth-order valence-electron chi connectivity index (χ4n) is 1.44. The Balaban J connectivity index is 2.65. The van der Waals surface area contributed by atoms with E-state index in [4.69, 9.17) is 5.11 Å². The summed E-state index contributed by atoms with van der Waals surface area (Å²) in [5, 5.41) is 11.9. The van der Waals surface area contributed by atoms with E-state index in [1.807, 2.05) is 6.92 Å². The lowest BCUT2D eigenvalue weighted by molar-refractivity contribution is -0.122. The van der Waals surface area contributed by atoms with E-state index < -0.39 is 5.54 Å². The van der Waals surface area contributed by atoms with Gasteiger partial charge in [-0.05, 0) is 25.0 Å². The van der Waals surface area contributed by atoms with Crippen LogP contribution in [-0.4, -0.2) is 23.2 Å². The minimum absolute atomic E-state index is 0.0116. The summed E-state index contributed by atoms with van der Waals surface area (Å²) in [6, 6.07) is 6.18. The van der Waals surface area contributed by atoms with Crippen molar-refractivity contribution in [2.45, 2.75) is 32.2 Å². The number of hydrogen-bond acceptors (Lipinski definition) is 2. The molecule has 2 N–H and O–H groups in total. The van der Waals surface area contributed by atoms with E-state index in [1.165, 1.54) is 6.07 Å². The number of hydrogen-bond donors (Lipinski definition) is 2. The van der Waals surface area contributed by atoms with Crippen LogP contribution in [0.25, 0.3) is 0 Å². The normalized spacial score (nSPS) is 14.1. The van der Waals surface area contributed by atoms with Gasteiger partial charge in [-0.3, -0.25) is 4.79 Å². The Labute approximate surface area is 101 Å². The second kappa shape index (κ2) is 5.77. The van der Waals surface area contributed by atoms with Crippen molar-refractivity contribution in [2.24, 2.45) is 0 Å². The standard InChI is InChI=1S/C13H18FNO2/c1-3-13(2,9-16)15-12(17)8-10-6-4-5-7-11(10)14/h4-7,16H,3,8-9H2,1-2H3,(H,15,17). The van der Waals surface area contributed by atoms with Gasteiger partial charge >= 0.3 is 0 Å². The van der Waals surface area contributed by atoms with Gasteiger partial charge in [-0.25, -0.2) is 4.39 Å². The van der Waals surface area contributed by atoms with Crippen molar-refractivity contribution < 1.29 is 14.3 Å². The number of aliphatic hydroxyl groups is 1. The van der Waals surface area contributed by atoms with E-state index in [-0.39, 0.29) is 24.8 Å².